The molecule has 3 rings (SSSR count). The monoisotopic (exact) mass is 363 g/mol. The highest BCUT2D eigenvalue weighted by atomic mass is 32.2. The molecule has 0 unspecified atom stereocenters. The molecule has 9 heteroatoms. The number of halogens is 2. The first-order chi connectivity index (χ1) is 11.9. The van der Waals surface area contributed by atoms with Crippen molar-refractivity contribution in [1.29, 1.82) is 0 Å². The number of nitrogens with zero attached hydrogens (tertiary/aromatic N) is 5. The first-order valence-electron chi connectivity index (χ1n) is 7.36. The minimum atomic E-state index is -3.10. The maximum Gasteiger partial charge on any atom is 0.287 e. The Hall–Kier alpha value is -2.55. The molecule has 0 atom stereocenters. The number of thioether (sulfide) groups is 1. The van der Waals surface area contributed by atoms with Gasteiger partial charge in [0.05, 0.1) is 6.54 Å². The first kappa shape index (κ1) is 17.3. The Morgan fingerprint density at radius 3 is 2.76 bits per heavy atom. The molecule has 0 aliphatic heterocycles. The molecule has 0 fully saturated rings. The van der Waals surface area contributed by atoms with Gasteiger partial charge in [-0.1, -0.05) is 23.9 Å². The second kappa shape index (κ2) is 6.40. The van der Waals surface area contributed by atoms with Crippen molar-refractivity contribution in [2.45, 2.75) is 24.5 Å². The van der Waals surface area contributed by atoms with Crippen LogP contribution in [0.3, 0.4) is 0 Å². The van der Waals surface area contributed by atoms with Crippen LogP contribution >= 0.6 is 11.8 Å². The zero-order chi connectivity index (χ0) is 18.2. The van der Waals surface area contributed by atoms with Crippen molar-refractivity contribution >= 4 is 22.8 Å². The molecule has 0 aliphatic carbocycles. The number of pyridine rings is 1. The molecule has 3 aromatic rings. The van der Waals surface area contributed by atoms with Gasteiger partial charge in [-0.15, -0.1) is 6.58 Å². The predicted molar refractivity (Wildman–Crippen MR) is 92.5 cm³/mol. The van der Waals surface area contributed by atoms with Gasteiger partial charge in [-0.2, -0.15) is 8.78 Å². The molecule has 0 N–H and O–H groups in total. The zero-order valence-corrected chi connectivity index (χ0v) is 14.4. The summed E-state index contributed by atoms with van der Waals surface area (Å²) in [7, 11) is 0. The molecule has 3 heterocycles. The molecule has 0 saturated carbocycles. The van der Waals surface area contributed by atoms with Crippen molar-refractivity contribution in [1.82, 2.24) is 24.3 Å². The lowest BCUT2D eigenvalue weighted by molar-refractivity contribution is 0.0127. The van der Waals surface area contributed by atoms with Crippen LogP contribution in [0.2, 0.25) is 0 Å². The van der Waals surface area contributed by atoms with Gasteiger partial charge < -0.3 is 0 Å². The lowest BCUT2D eigenvalue weighted by Crippen LogP contribution is -2.23. The summed E-state index contributed by atoms with van der Waals surface area (Å²) in [6.07, 6.45) is 4.78. The summed E-state index contributed by atoms with van der Waals surface area (Å²) >= 11 is 1.32. The van der Waals surface area contributed by atoms with E-state index >= 15 is 0 Å². The molecule has 25 heavy (non-hydrogen) atoms. The summed E-state index contributed by atoms with van der Waals surface area (Å²) in [5.41, 5.74) is -0.406. The second-order valence-corrected chi connectivity index (χ2v) is 6.12. The van der Waals surface area contributed by atoms with Crippen LogP contribution in [0, 0.1) is 0 Å². The smallest absolute Gasteiger partial charge is 0.267 e. The van der Waals surface area contributed by atoms with E-state index < -0.39 is 5.92 Å². The topological polar surface area (TPSA) is 65.6 Å². The second-order valence-electron chi connectivity index (χ2n) is 5.35. The Labute approximate surface area is 146 Å². The Kier molecular flexibility index (Phi) is 4.42. The van der Waals surface area contributed by atoms with Crippen molar-refractivity contribution in [3.05, 3.63) is 53.1 Å². The fraction of sp³-hybridized carbons (Fsp3) is 0.250. The Morgan fingerprint density at radius 2 is 2.12 bits per heavy atom. The van der Waals surface area contributed by atoms with E-state index in [0.717, 1.165) is 6.92 Å². The molecule has 3 aromatic heterocycles. The van der Waals surface area contributed by atoms with Gasteiger partial charge in [0.2, 0.25) is 0 Å². The van der Waals surface area contributed by atoms with Gasteiger partial charge in [0.15, 0.2) is 16.6 Å². The minimum absolute atomic E-state index is 0.179. The number of allylic oxidation sites excluding steroid dienone is 1. The van der Waals surface area contributed by atoms with Crippen molar-refractivity contribution in [2.75, 3.05) is 6.26 Å². The number of hydrogen-bond acceptors (Lipinski definition) is 5. The SMILES string of the molecule is C=CCn1c(=O)c2cnc(SC)nc2n1-c1cccc(C(C)(F)F)n1. The third-order valence-electron chi connectivity index (χ3n) is 3.54. The van der Waals surface area contributed by atoms with Crippen molar-refractivity contribution in [3.63, 3.8) is 0 Å². The number of aromatic nitrogens is 5. The maximum absolute atomic E-state index is 13.7. The van der Waals surface area contributed by atoms with Gasteiger partial charge in [-0.3, -0.25) is 4.79 Å². The third-order valence-corrected chi connectivity index (χ3v) is 4.10. The molecule has 0 radical (unpaired) electrons. The predicted octanol–water partition coefficient (Wildman–Crippen LogP) is 3.00. The molecular weight excluding hydrogens is 348 g/mol. The molecule has 0 spiro atoms. The Morgan fingerprint density at radius 1 is 1.36 bits per heavy atom. The Balaban J connectivity index is 2.36. The number of alkyl halides is 2. The highest BCUT2D eigenvalue weighted by Crippen LogP contribution is 2.26. The van der Waals surface area contributed by atoms with Gasteiger partial charge in [0, 0.05) is 13.1 Å². The van der Waals surface area contributed by atoms with Gasteiger partial charge >= 0.3 is 0 Å². The molecule has 0 aliphatic rings. The van der Waals surface area contributed by atoms with Crippen LogP contribution in [-0.4, -0.2) is 30.6 Å². The number of fused-ring (bicyclic) bond motifs is 1. The zero-order valence-electron chi connectivity index (χ0n) is 13.6. The van der Waals surface area contributed by atoms with E-state index in [4.69, 9.17) is 0 Å². The average Bonchev–Trinajstić information content (AvgIpc) is 2.86. The minimum Gasteiger partial charge on any atom is -0.267 e. The van der Waals surface area contributed by atoms with Crippen LogP contribution in [0.5, 0.6) is 0 Å². The van der Waals surface area contributed by atoms with Crippen molar-refractivity contribution in [2.24, 2.45) is 0 Å². The van der Waals surface area contributed by atoms with Crippen molar-refractivity contribution in [3.8, 4) is 5.82 Å². The first-order valence-corrected chi connectivity index (χ1v) is 8.58. The van der Waals surface area contributed by atoms with E-state index in [2.05, 4.69) is 21.5 Å². The van der Waals surface area contributed by atoms with E-state index in [-0.39, 0.29) is 29.0 Å². The van der Waals surface area contributed by atoms with Crippen LogP contribution in [0.25, 0.3) is 16.9 Å². The lowest BCUT2D eigenvalue weighted by Gasteiger charge is -2.14. The van der Waals surface area contributed by atoms with Gasteiger partial charge in [0.1, 0.15) is 11.1 Å². The maximum atomic E-state index is 13.7. The normalized spacial score (nSPS) is 11.8. The summed E-state index contributed by atoms with van der Waals surface area (Å²) in [4.78, 5) is 25.1. The fourth-order valence-electron chi connectivity index (χ4n) is 2.42. The summed E-state index contributed by atoms with van der Waals surface area (Å²) in [5, 5.41) is 0.754. The van der Waals surface area contributed by atoms with Gasteiger partial charge in [-0.25, -0.2) is 24.3 Å². The van der Waals surface area contributed by atoms with Crippen LogP contribution < -0.4 is 5.56 Å². The van der Waals surface area contributed by atoms with Crippen LogP contribution in [0.4, 0.5) is 8.78 Å². The third kappa shape index (κ3) is 3.07. The molecular formula is C16H15F2N5OS. The highest BCUT2D eigenvalue weighted by molar-refractivity contribution is 7.98. The molecule has 0 aromatic carbocycles. The number of hydrogen-bond donors (Lipinski definition) is 0. The number of rotatable bonds is 5. The van der Waals surface area contributed by atoms with E-state index in [9.17, 15) is 13.6 Å². The summed E-state index contributed by atoms with van der Waals surface area (Å²) in [5.74, 6) is -2.92. The van der Waals surface area contributed by atoms with Gasteiger partial charge in [-0.05, 0) is 18.4 Å². The summed E-state index contributed by atoms with van der Waals surface area (Å²) in [6, 6.07) is 4.27. The molecule has 6 nitrogen and oxygen atoms in total. The van der Waals surface area contributed by atoms with Crippen LogP contribution in [-0.2, 0) is 12.5 Å². The quantitative estimate of drug-likeness (QED) is 0.396. The largest absolute Gasteiger partial charge is 0.287 e. The Bertz CT molecular complexity index is 1010. The average molecular weight is 363 g/mol. The van der Waals surface area contributed by atoms with E-state index in [1.54, 1.807) is 12.3 Å². The van der Waals surface area contributed by atoms with Crippen LogP contribution in [0.1, 0.15) is 12.6 Å². The standard InChI is InChI=1S/C16H15F2N5OS/c1-4-8-22-14(24)10-9-19-15(25-3)21-13(10)23(22)12-7-5-6-11(20-12)16(2,17)18/h4-7,9H,1,8H2,2-3H3. The highest BCUT2D eigenvalue weighted by Gasteiger charge is 2.27. The molecule has 0 amide bonds. The molecule has 0 bridgehead atoms. The van der Waals surface area contributed by atoms with Crippen molar-refractivity contribution < 1.29 is 8.78 Å². The molecule has 130 valence electrons. The van der Waals surface area contributed by atoms with E-state index in [1.807, 2.05) is 0 Å². The van der Waals surface area contributed by atoms with E-state index in [0.29, 0.717) is 10.8 Å². The summed E-state index contributed by atoms with van der Waals surface area (Å²) < 4.78 is 30.1. The van der Waals surface area contributed by atoms with Gasteiger partial charge in [0.25, 0.3) is 11.5 Å². The fourth-order valence-corrected chi connectivity index (χ4v) is 2.75. The molecule has 0 saturated heterocycles. The van der Waals surface area contributed by atoms with E-state index in [1.165, 1.54) is 45.5 Å². The van der Waals surface area contributed by atoms with Crippen LogP contribution in [0.15, 0.2) is 47.0 Å². The lowest BCUT2D eigenvalue weighted by atomic mass is 10.2. The summed E-state index contributed by atoms with van der Waals surface area (Å²) in [6.45, 7) is 4.59.